The van der Waals surface area contributed by atoms with Crippen molar-refractivity contribution in [2.24, 2.45) is 0 Å². The van der Waals surface area contributed by atoms with Crippen LogP contribution in [0.3, 0.4) is 0 Å². The van der Waals surface area contributed by atoms with E-state index in [0.29, 0.717) is 62.2 Å². The summed E-state index contributed by atoms with van der Waals surface area (Å²) in [5, 5.41) is 54.5. The zero-order valence-electron chi connectivity index (χ0n) is 44.6. The monoisotopic (exact) mass is 1070 g/mol. The summed E-state index contributed by atoms with van der Waals surface area (Å²) in [6.45, 7) is 0. The molecule has 3 heterocycles. The van der Waals surface area contributed by atoms with Crippen molar-refractivity contribution in [2.75, 3.05) is 0 Å². The number of fused-ring (bicyclic) bond motifs is 6. The highest BCUT2D eigenvalue weighted by molar-refractivity contribution is 6.14. The molecule has 84 heavy (non-hydrogen) atoms. The van der Waals surface area contributed by atoms with Crippen LogP contribution < -0.4 is 0 Å². The summed E-state index contributed by atoms with van der Waals surface area (Å²) in [5.41, 5.74) is 17.0. The third-order valence-corrected chi connectivity index (χ3v) is 15.6. The molecular formula is C74H40N10. The summed E-state index contributed by atoms with van der Waals surface area (Å²) in [7, 11) is 0. The topological polar surface area (TPSA) is 167 Å². The fraction of sp³-hybridized carbons (Fsp3) is 0. The lowest BCUT2D eigenvalue weighted by molar-refractivity contribution is 1.06. The summed E-state index contributed by atoms with van der Waals surface area (Å²) >= 11 is 0. The van der Waals surface area contributed by atoms with Crippen molar-refractivity contribution in [3.63, 3.8) is 0 Å². The minimum absolute atomic E-state index is 0.386. The molecule has 0 atom stereocenters. The first-order valence-electron chi connectivity index (χ1n) is 27.0. The number of rotatable bonds is 9. The van der Waals surface area contributed by atoms with Crippen molar-refractivity contribution >= 4 is 43.6 Å². The fourth-order valence-corrected chi connectivity index (χ4v) is 11.4. The van der Waals surface area contributed by atoms with Gasteiger partial charge in [0.1, 0.15) is 11.6 Å². The van der Waals surface area contributed by atoms with E-state index in [2.05, 4.69) is 112 Å². The fourth-order valence-electron chi connectivity index (χ4n) is 11.4. The lowest BCUT2D eigenvalue weighted by Gasteiger charge is -2.18. The largest absolute Gasteiger partial charge is 0.308 e. The molecule has 386 valence electrons. The average Bonchev–Trinajstić information content (AvgIpc) is 4.14. The van der Waals surface area contributed by atoms with Crippen LogP contribution in [0.4, 0.5) is 0 Å². The minimum Gasteiger partial charge on any atom is -0.308 e. The predicted octanol–water partition coefficient (Wildman–Crippen LogP) is 17.1. The molecule has 14 rings (SSSR count). The number of benzene rings is 11. The molecule has 10 nitrogen and oxygen atoms in total. The molecule has 11 aromatic carbocycles. The van der Waals surface area contributed by atoms with E-state index in [0.717, 1.165) is 99.2 Å². The normalized spacial score (nSPS) is 11.0. The van der Waals surface area contributed by atoms with Gasteiger partial charge in [0.2, 0.25) is 0 Å². The molecule has 0 radical (unpaired) electrons. The Balaban J connectivity index is 1.09. The molecule has 0 fully saturated rings. The van der Waals surface area contributed by atoms with Crippen LogP contribution in [-0.4, -0.2) is 24.1 Å². The smallest absolute Gasteiger partial charge is 0.164 e. The summed E-state index contributed by atoms with van der Waals surface area (Å²) in [6, 6.07) is 91.0. The minimum atomic E-state index is 0.386. The third kappa shape index (κ3) is 8.70. The van der Waals surface area contributed by atoms with Crippen LogP contribution in [0.25, 0.3) is 134 Å². The van der Waals surface area contributed by atoms with Crippen LogP contribution in [0, 0.1) is 56.7 Å². The quantitative estimate of drug-likeness (QED) is 0.138. The van der Waals surface area contributed by atoms with Crippen molar-refractivity contribution in [3.8, 4) is 120 Å². The molecule has 0 bridgehead atoms. The summed E-state index contributed by atoms with van der Waals surface area (Å²) in [5.74, 6) is 1.36. The first-order chi connectivity index (χ1) is 41.4. The zero-order chi connectivity index (χ0) is 56.8. The Morgan fingerprint density at radius 2 is 0.500 bits per heavy atom. The molecule has 0 aliphatic heterocycles. The van der Waals surface area contributed by atoms with Crippen LogP contribution in [0.5, 0.6) is 0 Å². The molecule has 14 aromatic rings. The van der Waals surface area contributed by atoms with Gasteiger partial charge in [0.25, 0.3) is 0 Å². The zero-order valence-corrected chi connectivity index (χ0v) is 44.6. The Morgan fingerprint density at radius 3 is 0.762 bits per heavy atom. The van der Waals surface area contributed by atoms with Gasteiger partial charge in [-0.15, -0.1) is 0 Å². The molecule has 3 aromatic heterocycles. The molecule has 0 amide bonds. The summed E-state index contributed by atoms with van der Waals surface area (Å²) < 4.78 is 4.33. The van der Waals surface area contributed by atoms with Gasteiger partial charge in [-0.1, -0.05) is 133 Å². The van der Waals surface area contributed by atoms with Crippen molar-refractivity contribution in [2.45, 2.75) is 0 Å². The Hall–Kier alpha value is -12.5. The second kappa shape index (κ2) is 20.6. The number of aromatic nitrogens is 5. The lowest BCUT2D eigenvalue weighted by Crippen LogP contribution is -2.07. The van der Waals surface area contributed by atoms with E-state index in [1.807, 2.05) is 170 Å². The summed E-state index contributed by atoms with van der Waals surface area (Å²) in [4.78, 5) is 15.6. The average molecular weight is 1070 g/mol. The predicted molar refractivity (Wildman–Crippen MR) is 330 cm³/mol. The van der Waals surface area contributed by atoms with Gasteiger partial charge in [-0.2, -0.15) is 26.3 Å². The van der Waals surface area contributed by atoms with E-state index in [1.165, 1.54) is 0 Å². The SMILES string of the molecule is N#Cc1ccc(-c2ccc3c(c2)c2cc(-c4ccc(C#N)cc4)ccc2n3-c2cc(-c3nc(-c4ccccc4)nc(-c4ccccc4)n3)cc(-n3c4ccc(-c5ccc(C#N)cc5)cc4c4cc(-c5ccc(C#N)cc5)ccc43)c2C#N)cc1. The third-order valence-electron chi connectivity index (χ3n) is 15.6. The molecule has 0 N–H and O–H groups in total. The molecule has 10 heteroatoms. The molecule has 0 unspecified atom stereocenters. The van der Waals surface area contributed by atoms with Gasteiger partial charge >= 0.3 is 0 Å². The highest BCUT2D eigenvalue weighted by Gasteiger charge is 2.25. The van der Waals surface area contributed by atoms with Gasteiger partial charge in [0.15, 0.2) is 17.5 Å². The maximum Gasteiger partial charge on any atom is 0.164 e. The highest BCUT2D eigenvalue weighted by atomic mass is 15.1. The first-order valence-corrected chi connectivity index (χ1v) is 27.0. The van der Waals surface area contributed by atoms with Crippen LogP contribution >= 0.6 is 0 Å². The number of nitrogens with zero attached hydrogens (tertiary/aromatic N) is 10. The van der Waals surface area contributed by atoms with Gasteiger partial charge in [-0.25, -0.2) is 15.0 Å². The second-order valence-electron chi connectivity index (χ2n) is 20.4. The molecule has 0 spiro atoms. The second-order valence-corrected chi connectivity index (χ2v) is 20.4. The van der Waals surface area contributed by atoms with Crippen LogP contribution in [-0.2, 0) is 0 Å². The van der Waals surface area contributed by atoms with E-state index in [9.17, 15) is 26.3 Å². The van der Waals surface area contributed by atoms with E-state index in [-0.39, 0.29) is 0 Å². The maximum atomic E-state index is 12.1. The molecule has 0 saturated heterocycles. The van der Waals surface area contributed by atoms with Crippen molar-refractivity contribution in [1.82, 2.24) is 24.1 Å². The van der Waals surface area contributed by atoms with Gasteiger partial charge in [0.05, 0.1) is 80.0 Å². The highest BCUT2D eigenvalue weighted by Crippen LogP contribution is 2.44. The van der Waals surface area contributed by atoms with Crippen LogP contribution in [0.15, 0.2) is 243 Å². The summed E-state index contributed by atoms with van der Waals surface area (Å²) in [6.07, 6.45) is 0. The van der Waals surface area contributed by atoms with Gasteiger partial charge in [0, 0.05) is 38.2 Å². The van der Waals surface area contributed by atoms with E-state index in [1.54, 1.807) is 0 Å². The van der Waals surface area contributed by atoms with E-state index in [4.69, 9.17) is 15.0 Å². The Bertz CT molecular complexity index is 4650. The van der Waals surface area contributed by atoms with Crippen molar-refractivity contribution in [1.29, 1.82) is 26.3 Å². The van der Waals surface area contributed by atoms with Gasteiger partial charge in [-0.3, -0.25) is 0 Å². The number of hydrogen-bond donors (Lipinski definition) is 0. The molecule has 0 saturated carbocycles. The van der Waals surface area contributed by atoms with Crippen LogP contribution in [0.1, 0.15) is 27.8 Å². The van der Waals surface area contributed by atoms with Gasteiger partial charge in [-0.05, 0) is 154 Å². The van der Waals surface area contributed by atoms with Crippen LogP contribution in [0.2, 0.25) is 0 Å². The Labute approximate surface area is 482 Å². The molecule has 0 aliphatic carbocycles. The maximum absolute atomic E-state index is 12.1. The van der Waals surface area contributed by atoms with E-state index >= 15 is 0 Å². The van der Waals surface area contributed by atoms with Crippen molar-refractivity contribution in [3.05, 3.63) is 270 Å². The Kier molecular flexibility index (Phi) is 12.2. The van der Waals surface area contributed by atoms with E-state index < -0.39 is 0 Å². The standard InChI is InChI=1S/C74H40N10/c75-41-46-11-19-50(20-12-46)56-27-31-66-61(35-56)62-36-57(51-21-13-47(42-76)14-22-51)28-32-67(62)83(66)70-39-60(74-81-72(54-7-3-1-4-8-54)80-73(82-74)55-9-5-2-6-10-55)40-71(65(70)45-79)84-68-33-29-58(52-23-15-48(43-77)16-24-52)37-63(68)64-38-59(30-34-69(64)84)53-25-17-49(44-78)18-26-53/h1-40H. The molecular weight excluding hydrogens is 1030 g/mol. The lowest BCUT2D eigenvalue weighted by atomic mass is 9.99. The number of nitriles is 5. The molecule has 0 aliphatic rings. The van der Waals surface area contributed by atoms with Gasteiger partial charge < -0.3 is 9.13 Å². The Morgan fingerprint density at radius 1 is 0.238 bits per heavy atom. The number of hydrogen-bond acceptors (Lipinski definition) is 8. The first kappa shape index (κ1) is 49.8. The van der Waals surface area contributed by atoms with Crippen molar-refractivity contribution < 1.29 is 0 Å².